The minimum atomic E-state index is 0.515. The monoisotopic (exact) mass is 262 g/mol. The molecule has 2 aromatic heterocycles. The Bertz CT molecular complexity index is 525. The van der Waals surface area contributed by atoms with E-state index in [-0.39, 0.29) is 0 Å². The van der Waals surface area contributed by atoms with Crippen LogP contribution in [0.5, 0.6) is 0 Å². The van der Waals surface area contributed by atoms with Crippen molar-refractivity contribution in [3.63, 3.8) is 0 Å². The van der Waals surface area contributed by atoms with Crippen LogP contribution in [0.2, 0.25) is 0 Å². The van der Waals surface area contributed by atoms with E-state index in [2.05, 4.69) is 15.4 Å². The number of hydrogen-bond acceptors (Lipinski definition) is 6. The summed E-state index contributed by atoms with van der Waals surface area (Å²) in [6, 6.07) is 5.70. The number of aromatic nitrogens is 2. The van der Waals surface area contributed by atoms with Gasteiger partial charge in [0, 0.05) is 12.0 Å². The second-order valence-corrected chi connectivity index (χ2v) is 5.23. The Morgan fingerprint density at radius 1 is 1.44 bits per heavy atom. The number of hydrogen-bond donors (Lipinski definition) is 2. The lowest BCUT2D eigenvalue weighted by molar-refractivity contribution is 0.530. The Hall–Kier alpha value is -1.53. The van der Waals surface area contributed by atoms with Crippen molar-refractivity contribution < 1.29 is 4.42 Å². The molecule has 0 spiro atoms. The van der Waals surface area contributed by atoms with Gasteiger partial charge in [-0.25, -0.2) is 15.8 Å². The Kier molecular flexibility index (Phi) is 3.21. The minimum Gasteiger partial charge on any atom is -0.468 e. The normalized spacial score (nSPS) is 14.7. The quantitative estimate of drug-likeness (QED) is 0.373. The van der Waals surface area contributed by atoms with E-state index in [1.807, 2.05) is 18.2 Å². The van der Waals surface area contributed by atoms with E-state index in [1.165, 1.54) is 12.8 Å². The molecule has 3 rings (SSSR count). The molecule has 1 fully saturated rings. The molecule has 1 aliphatic rings. The highest BCUT2D eigenvalue weighted by atomic mass is 32.2. The summed E-state index contributed by atoms with van der Waals surface area (Å²) in [6.45, 7) is 0. The summed E-state index contributed by atoms with van der Waals surface area (Å²) in [7, 11) is 0. The summed E-state index contributed by atoms with van der Waals surface area (Å²) < 4.78 is 5.30. The molecule has 0 amide bonds. The average molecular weight is 262 g/mol. The molecule has 0 aromatic carbocycles. The van der Waals surface area contributed by atoms with Crippen molar-refractivity contribution in [3.8, 4) is 0 Å². The van der Waals surface area contributed by atoms with Gasteiger partial charge in [0.15, 0.2) is 0 Å². The number of nitrogens with one attached hydrogen (secondary N) is 1. The Labute approximate surface area is 109 Å². The second-order valence-electron chi connectivity index (χ2n) is 4.24. The molecule has 6 heteroatoms. The Morgan fingerprint density at radius 2 is 2.33 bits per heavy atom. The number of nitrogen functional groups attached to an aromatic ring is 1. The van der Waals surface area contributed by atoms with Crippen LogP contribution in [0.3, 0.4) is 0 Å². The van der Waals surface area contributed by atoms with Crippen LogP contribution < -0.4 is 11.3 Å². The first-order chi connectivity index (χ1) is 8.85. The van der Waals surface area contributed by atoms with E-state index in [9.17, 15) is 0 Å². The fraction of sp³-hybridized carbons (Fsp3) is 0.333. The van der Waals surface area contributed by atoms with Crippen LogP contribution >= 0.6 is 11.8 Å². The van der Waals surface area contributed by atoms with Gasteiger partial charge in [-0.1, -0.05) is 11.8 Å². The first kappa shape index (κ1) is 11.6. The van der Waals surface area contributed by atoms with Crippen LogP contribution in [0, 0.1) is 0 Å². The molecule has 2 aromatic rings. The number of furan rings is 1. The largest absolute Gasteiger partial charge is 0.468 e. The molecular formula is C12H14N4OS. The maximum absolute atomic E-state index is 5.43. The van der Waals surface area contributed by atoms with E-state index in [4.69, 9.17) is 10.3 Å². The molecule has 0 aliphatic heterocycles. The van der Waals surface area contributed by atoms with Crippen molar-refractivity contribution in [1.82, 2.24) is 9.97 Å². The zero-order valence-corrected chi connectivity index (χ0v) is 10.6. The highest BCUT2D eigenvalue weighted by Gasteiger charge is 2.27. The van der Waals surface area contributed by atoms with Crippen LogP contribution in [0.4, 0.5) is 5.82 Å². The van der Waals surface area contributed by atoms with Gasteiger partial charge in [-0.15, -0.1) is 0 Å². The second kappa shape index (κ2) is 4.99. The first-order valence-electron chi connectivity index (χ1n) is 5.86. The van der Waals surface area contributed by atoms with Crippen molar-refractivity contribution in [1.29, 1.82) is 0 Å². The van der Waals surface area contributed by atoms with E-state index < -0.39 is 0 Å². The topological polar surface area (TPSA) is 77.0 Å². The van der Waals surface area contributed by atoms with Crippen molar-refractivity contribution in [2.24, 2.45) is 5.84 Å². The van der Waals surface area contributed by atoms with Gasteiger partial charge in [-0.2, -0.15) is 0 Å². The van der Waals surface area contributed by atoms with Crippen molar-refractivity contribution >= 4 is 17.6 Å². The van der Waals surface area contributed by atoms with Gasteiger partial charge < -0.3 is 9.84 Å². The molecule has 3 N–H and O–H groups in total. The van der Waals surface area contributed by atoms with Crippen LogP contribution in [-0.2, 0) is 5.75 Å². The smallest absolute Gasteiger partial charge is 0.144 e. The van der Waals surface area contributed by atoms with Crippen molar-refractivity contribution in [2.75, 3.05) is 5.43 Å². The number of nitrogens with two attached hydrogens (primary N) is 1. The maximum Gasteiger partial charge on any atom is 0.144 e. The standard InChI is InChI=1S/C12H14N4OS/c13-16-10-6-11(15-12(14-10)8-3-4-8)18-7-9-2-1-5-17-9/h1-2,5-6,8H,3-4,7,13H2,(H,14,15,16). The molecule has 0 radical (unpaired) electrons. The molecule has 1 saturated carbocycles. The lowest BCUT2D eigenvalue weighted by Crippen LogP contribution is -2.10. The summed E-state index contributed by atoms with van der Waals surface area (Å²) in [6.07, 6.45) is 4.03. The first-order valence-corrected chi connectivity index (χ1v) is 6.84. The molecule has 0 atom stereocenters. The lowest BCUT2D eigenvalue weighted by Gasteiger charge is -2.06. The molecule has 5 nitrogen and oxygen atoms in total. The summed E-state index contributed by atoms with van der Waals surface area (Å²) in [5.74, 6) is 9.22. The molecule has 18 heavy (non-hydrogen) atoms. The fourth-order valence-corrected chi connectivity index (χ4v) is 2.46. The zero-order valence-electron chi connectivity index (χ0n) is 9.80. The predicted molar refractivity (Wildman–Crippen MR) is 70.1 cm³/mol. The zero-order chi connectivity index (χ0) is 12.4. The third-order valence-corrected chi connectivity index (χ3v) is 3.69. The van der Waals surface area contributed by atoms with Gasteiger partial charge in [0.25, 0.3) is 0 Å². The third kappa shape index (κ3) is 2.65. The molecule has 0 saturated heterocycles. The van der Waals surface area contributed by atoms with E-state index in [0.29, 0.717) is 11.7 Å². The minimum absolute atomic E-state index is 0.515. The molecular weight excluding hydrogens is 248 g/mol. The number of thioether (sulfide) groups is 1. The number of rotatable bonds is 5. The van der Waals surface area contributed by atoms with Crippen LogP contribution in [0.25, 0.3) is 0 Å². The van der Waals surface area contributed by atoms with Crippen LogP contribution in [0.1, 0.15) is 30.3 Å². The van der Waals surface area contributed by atoms with Gasteiger partial charge in [0.2, 0.25) is 0 Å². The van der Waals surface area contributed by atoms with Gasteiger partial charge in [-0.05, 0) is 25.0 Å². The number of hydrazine groups is 1. The van der Waals surface area contributed by atoms with Crippen LogP contribution in [-0.4, -0.2) is 9.97 Å². The van der Waals surface area contributed by atoms with Crippen molar-refractivity contribution in [2.45, 2.75) is 29.5 Å². The molecule has 0 unspecified atom stereocenters. The molecule has 0 bridgehead atoms. The van der Waals surface area contributed by atoms with E-state index in [1.54, 1.807) is 18.0 Å². The van der Waals surface area contributed by atoms with Gasteiger partial charge in [0.05, 0.1) is 12.0 Å². The summed E-state index contributed by atoms with van der Waals surface area (Å²) in [5, 5.41) is 0.927. The number of anilines is 1. The van der Waals surface area contributed by atoms with E-state index >= 15 is 0 Å². The fourth-order valence-electron chi connectivity index (χ4n) is 1.65. The summed E-state index contributed by atoms with van der Waals surface area (Å²) in [5.41, 5.74) is 2.60. The van der Waals surface area contributed by atoms with Crippen LogP contribution in [0.15, 0.2) is 33.9 Å². The maximum atomic E-state index is 5.43. The average Bonchev–Trinajstić information content (AvgIpc) is 3.13. The highest BCUT2D eigenvalue weighted by molar-refractivity contribution is 7.98. The molecule has 2 heterocycles. The Balaban J connectivity index is 1.75. The number of nitrogens with zero attached hydrogens (tertiary/aromatic N) is 2. The molecule has 94 valence electrons. The van der Waals surface area contributed by atoms with E-state index in [0.717, 1.165) is 22.4 Å². The summed E-state index contributed by atoms with van der Waals surface area (Å²) >= 11 is 1.63. The highest BCUT2D eigenvalue weighted by Crippen LogP contribution is 2.39. The SMILES string of the molecule is NNc1cc(SCc2ccco2)nc(C2CC2)n1. The van der Waals surface area contributed by atoms with Gasteiger partial charge >= 0.3 is 0 Å². The van der Waals surface area contributed by atoms with Gasteiger partial charge in [-0.3, -0.25) is 0 Å². The lowest BCUT2D eigenvalue weighted by atomic mass is 10.4. The van der Waals surface area contributed by atoms with Crippen molar-refractivity contribution in [3.05, 3.63) is 36.0 Å². The summed E-state index contributed by atoms with van der Waals surface area (Å²) in [4.78, 5) is 8.93. The molecule has 1 aliphatic carbocycles. The predicted octanol–water partition coefficient (Wildman–Crippen LogP) is 2.52. The van der Waals surface area contributed by atoms with Gasteiger partial charge in [0.1, 0.15) is 22.4 Å². The Morgan fingerprint density at radius 3 is 3.00 bits per heavy atom. The third-order valence-electron chi connectivity index (χ3n) is 2.75.